The number of H-pyrrole nitrogens is 1. The number of nitrogens with one attached hydrogen (secondary N) is 1. The van der Waals surface area contributed by atoms with E-state index >= 15 is 0 Å². The standard InChI is InChI=1S/C14H16N2O4/c1-2-20-14(19)13(18)12(17)10-8-15-16-11(10)9-6-4-3-5-7-9/h3-8,12-13,17-18H,2H2,1H3,(H,15,16). The van der Waals surface area contributed by atoms with Gasteiger partial charge in [-0.1, -0.05) is 30.3 Å². The molecule has 20 heavy (non-hydrogen) atoms. The lowest BCUT2D eigenvalue weighted by Gasteiger charge is -2.16. The first-order chi connectivity index (χ1) is 9.65. The maximum Gasteiger partial charge on any atom is 0.338 e. The van der Waals surface area contributed by atoms with Crippen LogP contribution in [0, 0.1) is 0 Å². The van der Waals surface area contributed by atoms with Crippen molar-refractivity contribution in [1.82, 2.24) is 10.2 Å². The molecule has 6 heteroatoms. The van der Waals surface area contributed by atoms with Crippen LogP contribution in [0.15, 0.2) is 36.5 Å². The van der Waals surface area contributed by atoms with Crippen molar-refractivity contribution in [3.8, 4) is 11.3 Å². The van der Waals surface area contributed by atoms with Gasteiger partial charge < -0.3 is 14.9 Å². The first-order valence-corrected chi connectivity index (χ1v) is 6.26. The quantitative estimate of drug-likeness (QED) is 0.709. The number of hydrogen-bond donors (Lipinski definition) is 3. The van der Waals surface area contributed by atoms with Gasteiger partial charge in [0, 0.05) is 5.56 Å². The third-order valence-electron chi connectivity index (χ3n) is 2.88. The molecule has 0 aliphatic rings. The number of aliphatic hydroxyl groups is 2. The van der Waals surface area contributed by atoms with E-state index in [4.69, 9.17) is 0 Å². The van der Waals surface area contributed by atoms with Gasteiger partial charge in [-0.25, -0.2) is 4.79 Å². The highest BCUT2D eigenvalue weighted by atomic mass is 16.5. The molecule has 2 unspecified atom stereocenters. The van der Waals surface area contributed by atoms with Crippen molar-refractivity contribution in [1.29, 1.82) is 0 Å². The molecular weight excluding hydrogens is 260 g/mol. The molecule has 0 fully saturated rings. The second kappa shape index (κ2) is 6.31. The molecule has 3 N–H and O–H groups in total. The minimum absolute atomic E-state index is 0.138. The van der Waals surface area contributed by atoms with Gasteiger partial charge in [-0.2, -0.15) is 5.10 Å². The van der Waals surface area contributed by atoms with Gasteiger partial charge in [0.15, 0.2) is 6.10 Å². The van der Waals surface area contributed by atoms with Crippen LogP contribution in [0.4, 0.5) is 0 Å². The molecule has 0 aliphatic carbocycles. The molecule has 2 rings (SSSR count). The molecule has 0 bridgehead atoms. The van der Waals surface area contributed by atoms with Crippen molar-refractivity contribution >= 4 is 5.97 Å². The number of aromatic amines is 1. The SMILES string of the molecule is CCOC(=O)C(O)C(O)c1cn[nH]c1-c1ccccc1. The smallest absolute Gasteiger partial charge is 0.338 e. The predicted molar refractivity (Wildman–Crippen MR) is 71.6 cm³/mol. The Morgan fingerprint density at radius 2 is 2.05 bits per heavy atom. The van der Waals surface area contributed by atoms with Crippen molar-refractivity contribution in [2.45, 2.75) is 19.1 Å². The van der Waals surface area contributed by atoms with E-state index in [1.807, 2.05) is 30.3 Å². The third-order valence-corrected chi connectivity index (χ3v) is 2.88. The second-order valence-corrected chi connectivity index (χ2v) is 4.21. The molecule has 0 amide bonds. The minimum Gasteiger partial charge on any atom is -0.464 e. The van der Waals surface area contributed by atoms with Crippen LogP contribution in [0.2, 0.25) is 0 Å². The van der Waals surface area contributed by atoms with E-state index < -0.39 is 18.2 Å². The molecule has 0 aliphatic heterocycles. The van der Waals surface area contributed by atoms with Crippen LogP contribution >= 0.6 is 0 Å². The summed E-state index contributed by atoms with van der Waals surface area (Å²) in [6, 6.07) is 9.21. The molecule has 1 heterocycles. The molecule has 2 aromatic rings. The summed E-state index contributed by atoms with van der Waals surface area (Å²) < 4.78 is 4.69. The summed E-state index contributed by atoms with van der Waals surface area (Å²) in [6.45, 7) is 1.77. The number of ether oxygens (including phenoxy) is 1. The van der Waals surface area contributed by atoms with Crippen LogP contribution in [-0.2, 0) is 9.53 Å². The number of hydrogen-bond acceptors (Lipinski definition) is 5. The van der Waals surface area contributed by atoms with Gasteiger partial charge in [0.1, 0.15) is 6.10 Å². The lowest BCUT2D eigenvalue weighted by Crippen LogP contribution is -2.30. The van der Waals surface area contributed by atoms with Gasteiger partial charge in [-0.15, -0.1) is 0 Å². The van der Waals surface area contributed by atoms with Crippen LogP contribution in [0.5, 0.6) is 0 Å². The molecule has 0 spiro atoms. The molecule has 106 valence electrons. The minimum atomic E-state index is -1.64. The van der Waals surface area contributed by atoms with Gasteiger partial charge >= 0.3 is 5.97 Å². The number of carbonyl (C=O) groups is 1. The Morgan fingerprint density at radius 1 is 1.35 bits per heavy atom. The summed E-state index contributed by atoms with van der Waals surface area (Å²) in [5, 5.41) is 26.5. The third kappa shape index (κ3) is 2.87. The highest BCUT2D eigenvalue weighted by molar-refractivity contribution is 5.76. The Kier molecular flexibility index (Phi) is 4.49. The van der Waals surface area contributed by atoms with Gasteiger partial charge in [0.05, 0.1) is 18.5 Å². The van der Waals surface area contributed by atoms with E-state index in [0.29, 0.717) is 11.3 Å². The number of carbonyl (C=O) groups excluding carboxylic acids is 1. The summed E-state index contributed by atoms with van der Waals surface area (Å²) in [5.74, 6) is -0.861. The van der Waals surface area contributed by atoms with E-state index in [0.717, 1.165) is 5.56 Å². The second-order valence-electron chi connectivity index (χ2n) is 4.21. The lowest BCUT2D eigenvalue weighted by atomic mass is 10.0. The van der Waals surface area contributed by atoms with E-state index in [1.165, 1.54) is 6.20 Å². The Balaban J connectivity index is 2.26. The number of esters is 1. The molecule has 0 radical (unpaired) electrons. The topological polar surface area (TPSA) is 95.4 Å². The molecule has 0 saturated heterocycles. The van der Waals surface area contributed by atoms with Crippen LogP contribution < -0.4 is 0 Å². The Hall–Kier alpha value is -2.18. The lowest BCUT2D eigenvalue weighted by molar-refractivity contribution is -0.159. The van der Waals surface area contributed by atoms with Crippen molar-refractivity contribution < 1.29 is 19.7 Å². The normalized spacial score (nSPS) is 13.8. The number of benzene rings is 1. The van der Waals surface area contributed by atoms with Gasteiger partial charge in [0.25, 0.3) is 0 Å². The maximum atomic E-state index is 11.5. The zero-order valence-electron chi connectivity index (χ0n) is 11.0. The van der Waals surface area contributed by atoms with E-state index in [9.17, 15) is 15.0 Å². The Morgan fingerprint density at radius 3 is 2.70 bits per heavy atom. The van der Waals surface area contributed by atoms with E-state index in [2.05, 4.69) is 14.9 Å². The van der Waals surface area contributed by atoms with Crippen LogP contribution in [0.1, 0.15) is 18.6 Å². The van der Waals surface area contributed by atoms with Crippen LogP contribution in [0.25, 0.3) is 11.3 Å². The highest BCUT2D eigenvalue weighted by Gasteiger charge is 2.29. The van der Waals surface area contributed by atoms with Gasteiger partial charge in [-0.3, -0.25) is 5.10 Å². The first-order valence-electron chi connectivity index (χ1n) is 6.26. The van der Waals surface area contributed by atoms with Crippen molar-refractivity contribution in [3.05, 3.63) is 42.1 Å². The van der Waals surface area contributed by atoms with Crippen LogP contribution in [-0.4, -0.2) is 39.1 Å². The van der Waals surface area contributed by atoms with Gasteiger partial charge in [0.2, 0.25) is 0 Å². The fourth-order valence-corrected chi connectivity index (χ4v) is 1.88. The molecule has 1 aromatic heterocycles. The summed E-state index contributed by atoms with van der Waals surface area (Å²) in [4.78, 5) is 11.5. The largest absolute Gasteiger partial charge is 0.464 e. The summed E-state index contributed by atoms with van der Waals surface area (Å²) >= 11 is 0. The van der Waals surface area contributed by atoms with Crippen molar-refractivity contribution in [2.24, 2.45) is 0 Å². The zero-order chi connectivity index (χ0) is 14.5. The Bertz CT molecular complexity index is 568. The summed E-state index contributed by atoms with van der Waals surface area (Å²) in [7, 11) is 0. The number of nitrogens with zero attached hydrogens (tertiary/aromatic N) is 1. The summed E-state index contributed by atoms with van der Waals surface area (Å²) in [5.41, 5.74) is 1.70. The number of rotatable bonds is 5. The van der Waals surface area contributed by atoms with Gasteiger partial charge in [-0.05, 0) is 12.5 Å². The van der Waals surface area contributed by atoms with Crippen molar-refractivity contribution in [2.75, 3.05) is 6.61 Å². The fourth-order valence-electron chi connectivity index (χ4n) is 1.88. The number of aliphatic hydroxyl groups excluding tert-OH is 2. The average Bonchev–Trinajstić information content (AvgIpc) is 2.96. The molecule has 0 saturated carbocycles. The zero-order valence-corrected chi connectivity index (χ0v) is 11.0. The fraction of sp³-hybridized carbons (Fsp3) is 0.286. The molecule has 6 nitrogen and oxygen atoms in total. The monoisotopic (exact) mass is 276 g/mol. The van der Waals surface area contributed by atoms with Crippen molar-refractivity contribution in [3.63, 3.8) is 0 Å². The van der Waals surface area contributed by atoms with E-state index in [1.54, 1.807) is 6.92 Å². The molecular formula is C14H16N2O4. The highest BCUT2D eigenvalue weighted by Crippen LogP contribution is 2.28. The maximum absolute atomic E-state index is 11.5. The van der Waals surface area contributed by atoms with E-state index in [-0.39, 0.29) is 6.61 Å². The average molecular weight is 276 g/mol. The summed E-state index contributed by atoms with van der Waals surface area (Å²) in [6.07, 6.45) is -1.66. The molecule has 1 aromatic carbocycles. The van der Waals surface area contributed by atoms with Crippen LogP contribution in [0.3, 0.4) is 0 Å². The predicted octanol–water partition coefficient (Wildman–Crippen LogP) is 1.03. The first kappa shape index (κ1) is 14.2. The molecule has 2 atom stereocenters. The Labute approximate surface area is 116 Å². The number of aromatic nitrogens is 2.